The van der Waals surface area contributed by atoms with Gasteiger partial charge in [0.15, 0.2) is 17.6 Å². The van der Waals surface area contributed by atoms with Crippen LogP contribution in [0.4, 0.5) is 0 Å². The summed E-state index contributed by atoms with van der Waals surface area (Å²) in [4.78, 5) is 7.99. The van der Waals surface area contributed by atoms with E-state index in [0.717, 1.165) is 22.6 Å². The van der Waals surface area contributed by atoms with Gasteiger partial charge in [0.05, 0.1) is 18.1 Å². The number of methoxy groups -OCH3 is 1. The Hall–Kier alpha value is -2.49. The first-order valence-corrected chi connectivity index (χ1v) is 7.35. The first-order chi connectivity index (χ1) is 10.6. The number of hydrogen-bond acceptors (Lipinski definition) is 3. The van der Waals surface area contributed by atoms with Gasteiger partial charge in [-0.25, -0.2) is 4.98 Å². The van der Waals surface area contributed by atoms with Gasteiger partial charge in [-0.3, -0.25) is 0 Å². The molecule has 4 nitrogen and oxygen atoms in total. The first kappa shape index (κ1) is 14.4. The van der Waals surface area contributed by atoms with E-state index in [1.807, 2.05) is 31.2 Å². The van der Waals surface area contributed by atoms with Crippen molar-refractivity contribution < 1.29 is 9.47 Å². The van der Waals surface area contributed by atoms with E-state index in [0.29, 0.717) is 5.75 Å². The number of imidazole rings is 1. The van der Waals surface area contributed by atoms with Crippen LogP contribution in [0.1, 0.15) is 30.0 Å². The zero-order valence-electron chi connectivity index (χ0n) is 13.3. The first-order valence-electron chi connectivity index (χ1n) is 7.35. The third-order valence-corrected chi connectivity index (χ3v) is 3.87. The Morgan fingerprint density at radius 1 is 1.05 bits per heavy atom. The summed E-state index contributed by atoms with van der Waals surface area (Å²) >= 11 is 0. The molecule has 1 atom stereocenters. The molecule has 1 N–H and O–H groups in total. The van der Waals surface area contributed by atoms with E-state index < -0.39 is 0 Å². The molecular formula is C18H20N2O2. The van der Waals surface area contributed by atoms with Gasteiger partial charge in [-0.05, 0) is 56.2 Å². The Kier molecular flexibility index (Phi) is 3.75. The fraction of sp³-hybridized carbons (Fsp3) is 0.278. The summed E-state index contributed by atoms with van der Waals surface area (Å²) in [6, 6.07) is 11.8. The minimum Gasteiger partial charge on any atom is -0.493 e. The van der Waals surface area contributed by atoms with Gasteiger partial charge in [0, 0.05) is 0 Å². The van der Waals surface area contributed by atoms with E-state index in [4.69, 9.17) is 9.47 Å². The molecule has 22 heavy (non-hydrogen) atoms. The number of ether oxygens (including phenoxy) is 2. The van der Waals surface area contributed by atoms with E-state index in [-0.39, 0.29) is 6.10 Å². The number of fused-ring (bicyclic) bond motifs is 1. The van der Waals surface area contributed by atoms with Gasteiger partial charge in [0.25, 0.3) is 0 Å². The lowest BCUT2D eigenvalue weighted by atomic mass is 10.1. The van der Waals surface area contributed by atoms with E-state index in [2.05, 4.69) is 35.9 Å². The van der Waals surface area contributed by atoms with Crippen molar-refractivity contribution in [3.8, 4) is 11.5 Å². The summed E-state index contributed by atoms with van der Waals surface area (Å²) in [5, 5.41) is 0. The molecule has 3 rings (SSSR count). The summed E-state index contributed by atoms with van der Waals surface area (Å²) < 4.78 is 11.3. The maximum Gasteiger partial charge on any atom is 0.162 e. The van der Waals surface area contributed by atoms with Crippen LogP contribution in [0.3, 0.4) is 0 Å². The number of aromatic amines is 1. The molecule has 0 spiro atoms. The molecule has 0 saturated carbocycles. The highest BCUT2D eigenvalue weighted by atomic mass is 16.5. The topological polar surface area (TPSA) is 47.1 Å². The molecule has 1 heterocycles. The minimum absolute atomic E-state index is 0.190. The average Bonchev–Trinajstić information content (AvgIpc) is 2.91. The van der Waals surface area contributed by atoms with E-state index in [9.17, 15) is 0 Å². The summed E-state index contributed by atoms with van der Waals surface area (Å²) in [5.41, 5.74) is 4.49. The molecule has 0 fully saturated rings. The van der Waals surface area contributed by atoms with Gasteiger partial charge < -0.3 is 14.5 Å². The molecule has 0 aliphatic carbocycles. The van der Waals surface area contributed by atoms with Crippen molar-refractivity contribution in [3.63, 3.8) is 0 Å². The second-order valence-corrected chi connectivity index (χ2v) is 5.49. The Morgan fingerprint density at radius 2 is 1.73 bits per heavy atom. The molecule has 0 aliphatic heterocycles. The van der Waals surface area contributed by atoms with Crippen LogP contribution in [-0.2, 0) is 0 Å². The quantitative estimate of drug-likeness (QED) is 0.779. The molecule has 0 aliphatic rings. The van der Waals surface area contributed by atoms with Crippen molar-refractivity contribution in [2.24, 2.45) is 0 Å². The number of benzene rings is 2. The third kappa shape index (κ3) is 2.64. The predicted octanol–water partition coefficient (Wildman–Crippen LogP) is 4.33. The Balaban J connectivity index is 1.90. The van der Waals surface area contributed by atoms with Gasteiger partial charge in [0.2, 0.25) is 0 Å². The summed E-state index contributed by atoms with van der Waals surface area (Å²) in [6.45, 7) is 6.17. The monoisotopic (exact) mass is 296 g/mol. The van der Waals surface area contributed by atoms with Crippen molar-refractivity contribution in [2.45, 2.75) is 26.9 Å². The Labute approximate surface area is 130 Å². The van der Waals surface area contributed by atoms with Crippen LogP contribution in [0.5, 0.6) is 11.5 Å². The van der Waals surface area contributed by atoms with Crippen molar-refractivity contribution in [2.75, 3.05) is 7.11 Å². The van der Waals surface area contributed by atoms with Gasteiger partial charge in [-0.2, -0.15) is 0 Å². The predicted molar refractivity (Wildman–Crippen MR) is 87.6 cm³/mol. The lowest BCUT2D eigenvalue weighted by molar-refractivity contribution is 0.208. The highest BCUT2D eigenvalue weighted by Gasteiger charge is 2.15. The zero-order valence-corrected chi connectivity index (χ0v) is 13.3. The molecule has 114 valence electrons. The molecule has 0 saturated heterocycles. The number of nitrogens with one attached hydrogen (secondary N) is 1. The zero-order chi connectivity index (χ0) is 15.7. The van der Waals surface area contributed by atoms with Crippen LogP contribution in [0.15, 0.2) is 36.4 Å². The van der Waals surface area contributed by atoms with E-state index >= 15 is 0 Å². The normalized spacial score (nSPS) is 12.4. The molecule has 0 unspecified atom stereocenters. The summed E-state index contributed by atoms with van der Waals surface area (Å²) in [7, 11) is 1.64. The molecule has 4 heteroatoms. The van der Waals surface area contributed by atoms with Crippen LogP contribution in [-0.4, -0.2) is 17.1 Å². The Morgan fingerprint density at radius 3 is 2.45 bits per heavy atom. The van der Waals surface area contributed by atoms with Gasteiger partial charge in [0.1, 0.15) is 5.82 Å². The van der Waals surface area contributed by atoms with Crippen molar-refractivity contribution in [3.05, 3.63) is 53.3 Å². The maximum absolute atomic E-state index is 5.99. The number of H-pyrrole nitrogens is 1. The highest BCUT2D eigenvalue weighted by molar-refractivity contribution is 5.77. The number of para-hydroxylation sites is 2. The molecule has 0 bridgehead atoms. The SMILES string of the molecule is COc1ccccc1O[C@H](C)c1nc2cc(C)c(C)cc2[nH]1. The second-order valence-electron chi connectivity index (χ2n) is 5.49. The maximum atomic E-state index is 5.99. The van der Waals surface area contributed by atoms with E-state index in [1.54, 1.807) is 7.11 Å². The van der Waals surface area contributed by atoms with Gasteiger partial charge in [-0.1, -0.05) is 12.1 Å². The van der Waals surface area contributed by atoms with Crippen molar-refractivity contribution >= 4 is 11.0 Å². The number of rotatable bonds is 4. The number of aromatic nitrogens is 2. The van der Waals surface area contributed by atoms with Crippen LogP contribution in [0.2, 0.25) is 0 Å². The van der Waals surface area contributed by atoms with Crippen molar-refractivity contribution in [1.82, 2.24) is 9.97 Å². The fourth-order valence-electron chi connectivity index (χ4n) is 2.44. The molecule has 0 radical (unpaired) electrons. The molecule has 1 aromatic heterocycles. The number of nitrogens with zero attached hydrogens (tertiary/aromatic N) is 1. The third-order valence-electron chi connectivity index (χ3n) is 3.87. The Bertz CT molecular complexity index is 769. The van der Waals surface area contributed by atoms with Gasteiger partial charge in [-0.15, -0.1) is 0 Å². The number of hydrogen-bond donors (Lipinski definition) is 1. The smallest absolute Gasteiger partial charge is 0.162 e. The lowest BCUT2D eigenvalue weighted by Crippen LogP contribution is -2.05. The molecule has 0 amide bonds. The van der Waals surface area contributed by atoms with Crippen molar-refractivity contribution in [1.29, 1.82) is 0 Å². The average molecular weight is 296 g/mol. The summed E-state index contributed by atoms with van der Waals surface area (Å²) in [6.07, 6.45) is -0.190. The molecule has 2 aromatic carbocycles. The highest BCUT2D eigenvalue weighted by Crippen LogP contribution is 2.30. The van der Waals surface area contributed by atoms with Crippen LogP contribution < -0.4 is 9.47 Å². The number of aryl methyl sites for hydroxylation is 2. The second kappa shape index (κ2) is 5.72. The standard InChI is InChI=1S/C18H20N2O2/c1-11-9-14-15(10-12(11)2)20-18(19-14)13(3)22-17-8-6-5-7-16(17)21-4/h5-10,13H,1-4H3,(H,19,20)/t13-/m1/s1. The van der Waals surface area contributed by atoms with Crippen LogP contribution >= 0.6 is 0 Å². The fourth-order valence-corrected chi connectivity index (χ4v) is 2.44. The summed E-state index contributed by atoms with van der Waals surface area (Å²) in [5.74, 6) is 2.24. The largest absolute Gasteiger partial charge is 0.493 e. The molecule has 3 aromatic rings. The minimum atomic E-state index is -0.190. The van der Waals surface area contributed by atoms with Crippen LogP contribution in [0.25, 0.3) is 11.0 Å². The van der Waals surface area contributed by atoms with E-state index in [1.165, 1.54) is 11.1 Å². The lowest BCUT2D eigenvalue weighted by Gasteiger charge is -2.14. The molecular weight excluding hydrogens is 276 g/mol. The van der Waals surface area contributed by atoms with Crippen LogP contribution in [0, 0.1) is 13.8 Å². The van der Waals surface area contributed by atoms with Gasteiger partial charge >= 0.3 is 0 Å².